The Balaban J connectivity index is 0.000000214. The molecule has 0 saturated heterocycles. The van der Waals surface area contributed by atoms with Crippen LogP contribution in [0.15, 0.2) is 168 Å². The van der Waals surface area contributed by atoms with E-state index in [1.165, 1.54) is 10.5 Å². The van der Waals surface area contributed by atoms with E-state index in [-0.39, 0.29) is 20.1 Å². The van der Waals surface area contributed by atoms with Gasteiger partial charge in [0.1, 0.15) is 0 Å². The third-order valence-electron chi connectivity index (χ3n) is 10.4. The number of aromatic nitrogens is 4. The van der Waals surface area contributed by atoms with Crippen molar-refractivity contribution in [2.24, 2.45) is 0 Å². The molecule has 10 rings (SSSR count). The third kappa shape index (κ3) is 8.09. The topological polar surface area (TPSA) is 56.7 Å². The molecule has 0 aliphatic heterocycles. The number of pyridine rings is 2. The van der Waals surface area contributed by atoms with Crippen molar-refractivity contribution in [1.82, 2.24) is 19.5 Å². The first-order valence-electron chi connectivity index (χ1n) is 20.9. The summed E-state index contributed by atoms with van der Waals surface area (Å²) in [6.45, 7) is -0.101. The molecule has 0 spiro atoms. The minimum atomic E-state index is -2.08. The van der Waals surface area contributed by atoms with E-state index in [1.807, 2.05) is 55.6 Å². The minimum absolute atomic E-state index is 0. The molecule has 0 fully saturated rings. The Kier molecular flexibility index (Phi) is 10.3. The maximum atomic E-state index is 7.35. The van der Waals surface area contributed by atoms with Crippen LogP contribution in [0.5, 0.6) is 0 Å². The van der Waals surface area contributed by atoms with Gasteiger partial charge in [0, 0.05) is 42.4 Å². The van der Waals surface area contributed by atoms with Gasteiger partial charge in [0.25, 0.3) is 0 Å². The molecule has 0 N–H and O–H groups in total. The van der Waals surface area contributed by atoms with Gasteiger partial charge in [-0.05, 0) is 53.9 Å². The van der Waals surface area contributed by atoms with Gasteiger partial charge in [-0.1, -0.05) is 95.9 Å². The second-order valence-electron chi connectivity index (χ2n) is 15.4. The first kappa shape index (κ1) is 36.2. The van der Waals surface area contributed by atoms with Gasteiger partial charge >= 0.3 is 110 Å². The van der Waals surface area contributed by atoms with Crippen LogP contribution in [-0.4, -0.2) is 32.8 Å². The van der Waals surface area contributed by atoms with E-state index >= 15 is 0 Å². The quantitative estimate of drug-likeness (QED) is 0.123. The zero-order chi connectivity index (χ0) is 42.3. The van der Waals surface area contributed by atoms with E-state index < -0.39 is 20.1 Å². The second kappa shape index (κ2) is 16.7. The summed E-state index contributed by atoms with van der Waals surface area (Å²) in [6, 6.07) is 59.6. The Labute approximate surface area is 365 Å². The normalized spacial score (nSPS) is 12.3. The van der Waals surface area contributed by atoms with E-state index in [4.69, 9.17) is 13.5 Å². The number of imidazole rings is 1. The van der Waals surface area contributed by atoms with Crippen LogP contribution in [0.2, 0.25) is 17.3 Å². The molecular formula is C52H42GeIrN4O-2. The van der Waals surface area contributed by atoms with Crippen molar-refractivity contribution in [1.29, 1.82) is 0 Å². The fourth-order valence-electron chi connectivity index (χ4n) is 7.29. The molecule has 10 aromatic rings. The van der Waals surface area contributed by atoms with Gasteiger partial charge in [0.2, 0.25) is 5.71 Å². The molecule has 4 aromatic heterocycles. The maximum absolute atomic E-state index is 7.35. The van der Waals surface area contributed by atoms with Crippen LogP contribution in [0, 0.1) is 25.9 Å². The fraction of sp³-hybridized carbons (Fsp3) is 0.0962. The first-order chi connectivity index (χ1) is 29.4. The van der Waals surface area contributed by atoms with Crippen LogP contribution in [0.4, 0.5) is 0 Å². The number of para-hydroxylation sites is 2. The standard InChI is InChI=1S/C37H24N3O.C15H18GeN.Ir/c1-24-19-21-30-29-15-10-16-31(35(29)41-37(30)38-24)36-39-32-17-8-9-18-33(32)40(36)34-23-27(25-11-4-2-5-12-25)20-22-28(34)26-13-6-3-7-14-26;1-12-5-7-13(8-6-12)15-10-9-14(11-17-15)16(2,3)4;/h2-15,17-23H,1H3;5-7,9-11H,1-4H3;/q2*-1;/i;1D3;. The number of aryl methyl sites for hydroxylation is 2. The second-order valence-corrected chi connectivity index (χ2v) is 26.1. The third-order valence-corrected chi connectivity index (χ3v) is 14.6. The number of fused-ring (bicyclic) bond motifs is 4. The number of furan rings is 1. The molecule has 4 heterocycles. The summed E-state index contributed by atoms with van der Waals surface area (Å²) in [7, 11) is 0. The van der Waals surface area contributed by atoms with Crippen molar-refractivity contribution in [2.75, 3.05) is 0 Å². The molecule has 0 aliphatic rings. The van der Waals surface area contributed by atoms with E-state index in [9.17, 15) is 0 Å². The zero-order valence-corrected chi connectivity index (χ0v) is 37.6. The molecule has 0 amide bonds. The Morgan fingerprint density at radius 1 is 0.695 bits per heavy atom. The van der Waals surface area contributed by atoms with Crippen molar-refractivity contribution >= 4 is 50.8 Å². The number of hydrogen-bond acceptors (Lipinski definition) is 4. The molecule has 0 bridgehead atoms. The van der Waals surface area contributed by atoms with Crippen molar-refractivity contribution < 1.29 is 28.6 Å². The van der Waals surface area contributed by atoms with Crippen LogP contribution >= 0.6 is 0 Å². The summed E-state index contributed by atoms with van der Waals surface area (Å²) < 4.78 is 32.1. The van der Waals surface area contributed by atoms with Gasteiger partial charge in [0.05, 0.1) is 22.4 Å². The number of hydrogen-bond donors (Lipinski definition) is 0. The van der Waals surface area contributed by atoms with Crippen LogP contribution in [-0.2, 0) is 20.1 Å². The van der Waals surface area contributed by atoms with Gasteiger partial charge in [-0.25, -0.2) is 4.98 Å². The molecule has 1 radical (unpaired) electrons. The Bertz CT molecular complexity index is 3100. The summed E-state index contributed by atoms with van der Waals surface area (Å²) >= 11 is -1.83. The zero-order valence-electron chi connectivity index (χ0n) is 36.1. The molecule has 0 saturated carbocycles. The average Bonchev–Trinajstić information content (AvgIpc) is 3.85. The fourth-order valence-corrected chi connectivity index (χ4v) is 9.46. The van der Waals surface area contributed by atoms with Crippen LogP contribution in [0.25, 0.3) is 83.7 Å². The first-order valence-corrected chi connectivity index (χ1v) is 26.7. The molecule has 59 heavy (non-hydrogen) atoms. The van der Waals surface area contributed by atoms with Gasteiger partial charge in [0.15, 0.2) is 0 Å². The minimum Gasteiger partial charge on any atom is 0 e. The van der Waals surface area contributed by atoms with E-state index in [0.29, 0.717) is 11.3 Å². The van der Waals surface area contributed by atoms with E-state index in [2.05, 4.69) is 141 Å². The predicted molar refractivity (Wildman–Crippen MR) is 242 cm³/mol. The molecule has 0 unspecified atom stereocenters. The number of benzene rings is 6. The molecule has 0 aliphatic carbocycles. The Morgan fingerprint density at radius 2 is 1.46 bits per heavy atom. The maximum Gasteiger partial charge on any atom is 0 e. The molecule has 0 atom stereocenters. The van der Waals surface area contributed by atoms with Gasteiger partial charge in [-0.3, -0.25) is 4.98 Å². The molecule has 7 heteroatoms. The summed E-state index contributed by atoms with van der Waals surface area (Å²) in [5.41, 5.74) is 12.5. The largest absolute Gasteiger partial charge is 0 e. The Morgan fingerprint density at radius 3 is 2.17 bits per heavy atom. The summed E-state index contributed by atoms with van der Waals surface area (Å²) in [6.07, 6.45) is 1.95. The monoisotopic (exact) mass is 1010 g/mol. The van der Waals surface area contributed by atoms with Gasteiger partial charge < -0.3 is 8.98 Å². The average molecular weight is 1010 g/mol. The molecule has 291 valence electrons. The van der Waals surface area contributed by atoms with Crippen molar-refractivity contribution in [2.45, 2.75) is 31.0 Å². The van der Waals surface area contributed by atoms with Gasteiger partial charge in [-0.15, -0.1) is 18.2 Å². The summed E-state index contributed by atoms with van der Waals surface area (Å²) in [5.74, 6) is 7.76. The molecule has 5 nitrogen and oxygen atoms in total. The summed E-state index contributed by atoms with van der Waals surface area (Å²) in [5, 5.41) is 1.99. The van der Waals surface area contributed by atoms with E-state index in [0.717, 1.165) is 83.7 Å². The van der Waals surface area contributed by atoms with Crippen LogP contribution < -0.4 is 4.40 Å². The number of nitrogens with zero attached hydrogens (tertiary/aromatic N) is 4. The summed E-state index contributed by atoms with van der Waals surface area (Å²) in [4.78, 5) is 14.3. The van der Waals surface area contributed by atoms with Crippen molar-refractivity contribution in [3.05, 3.63) is 187 Å². The number of rotatable bonds is 6. The molecular weight excluding hydrogens is 961 g/mol. The Hall–Kier alpha value is -5.92. The smallest absolute Gasteiger partial charge is 0 e. The predicted octanol–water partition coefficient (Wildman–Crippen LogP) is 12.8. The van der Waals surface area contributed by atoms with Crippen LogP contribution in [0.3, 0.4) is 0 Å². The van der Waals surface area contributed by atoms with Gasteiger partial charge in [-0.2, -0.15) is 0 Å². The SMILES string of the molecule is Cc1ccc2c(n1)oc1c(-c3nc4ccccc4n3-c3cc(-c4ccccc4)ccc3-c3ccccc3)[c-]ccc12.[2H]C([2H])([2H])c1c[c-]c(-c2cc[c]([Ge]([CH3])([CH3])[CH3])cn2)cc1.[Ir]. The van der Waals surface area contributed by atoms with Crippen molar-refractivity contribution in [3.8, 4) is 50.6 Å². The van der Waals surface area contributed by atoms with Crippen LogP contribution in [0.1, 0.15) is 15.4 Å². The van der Waals surface area contributed by atoms with Crippen molar-refractivity contribution in [3.63, 3.8) is 0 Å². The molecule has 6 aromatic carbocycles. The van der Waals surface area contributed by atoms with E-state index in [1.54, 1.807) is 12.1 Å².